The molecule has 1 saturated heterocycles. The maximum atomic E-state index is 12.5. The molecule has 1 saturated carbocycles. The quantitative estimate of drug-likeness (QED) is 0.774. The zero-order chi connectivity index (χ0) is 17.3. The molecule has 2 fully saturated rings. The third-order valence-electron chi connectivity index (χ3n) is 4.97. The summed E-state index contributed by atoms with van der Waals surface area (Å²) in [6.07, 6.45) is 2.61. The van der Waals surface area contributed by atoms with Crippen LogP contribution in [0.3, 0.4) is 0 Å². The lowest BCUT2D eigenvalue weighted by Gasteiger charge is -2.20. The van der Waals surface area contributed by atoms with Crippen LogP contribution in [-0.4, -0.2) is 41.4 Å². The summed E-state index contributed by atoms with van der Waals surface area (Å²) in [6, 6.07) is 7.54. The summed E-state index contributed by atoms with van der Waals surface area (Å²) in [4.78, 5) is 37.6. The van der Waals surface area contributed by atoms with Gasteiger partial charge in [0, 0.05) is 6.54 Å². The van der Waals surface area contributed by atoms with Gasteiger partial charge in [0.05, 0.1) is 0 Å². The standard InChI is InChI=1S/C18H23N3O3/c1-12-5-3-4-6-13(12)9-10-19-15(22)11-21-16(23)18(2,14-7-8-14)20-17(21)24/h3-6,14H,7-11H2,1-2H3,(H,19,22)(H,20,24)/t18-/m0/s1. The van der Waals surface area contributed by atoms with Crippen LogP contribution in [-0.2, 0) is 16.0 Å². The Morgan fingerprint density at radius 3 is 2.71 bits per heavy atom. The van der Waals surface area contributed by atoms with Gasteiger partial charge in [-0.15, -0.1) is 0 Å². The predicted octanol–water partition coefficient (Wildman–Crippen LogP) is 1.37. The lowest BCUT2D eigenvalue weighted by Crippen LogP contribution is -2.47. The third kappa shape index (κ3) is 3.13. The molecule has 1 aromatic rings. The van der Waals surface area contributed by atoms with Crippen LogP contribution in [0, 0.1) is 12.8 Å². The van der Waals surface area contributed by atoms with Crippen LogP contribution in [0.25, 0.3) is 0 Å². The summed E-state index contributed by atoms with van der Waals surface area (Å²) in [5.41, 5.74) is 1.52. The molecule has 0 spiro atoms. The molecule has 4 amide bonds. The van der Waals surface area contributed by atoms with E-state index in [0.29, 0.717) is 6.54 Å². The Labute approximate surface area is 141 Å². The molecule has 0 radical (unpaired) electrons. The summed E-state index contributed by atoms with van der Waals surface area (Å²) in [5, 5.41) is 5.53. The fraction of sp³-hybridized carbons (Fsp3) is 0.500. The van der Waals surface area contributed by atoms with E-state index in [1.165, 1.54) is 11.1 Å². The van der Waals surface area contributed by atoms with Crippen LogP contribution in [0.2, 0.25) is 0 Å². The van der Waals surface area contributed by atoms with Gasteiger partial charge in [0.15, 0.2) is 0 Å². The normalized spacial score (nSPS) is 23.3. The minimum absolute atomic E-state index is 0.197. The van der Waals surface area contributed by atoms with E-state index in [1.54, 1.807) is 6.92 Å². The van der Waals surface area contributed by atoms with Gasteiger partial charge in [-0.25, -0.2) is 4.79 Å². The molecule has 0 bridgehead atoms. The molecule has 1 aliphatic carbocycles. The number of hydrogen-bond acceptors (Lipinski definition) is 3. The Balaban J connectivity index is 1.51. The van der Waals surface area contributed by atoms with Crippen molar-refractivity contribution in [1.29, 1.82) is 0 Å². The van der Waals surface area contributed by atoms with Gasteiger partial charge < -0.3 is 10.6 Å². The van der Waals surface area contributed by atoms with Crippen molar-refractivity contribution in [2.45, 2.75) is 38.6 Å². The summed E-state index contributed by atoms with van der Waals surface area (Å²) in [7, 11) is 0. The Bertz CT molecular complexity index is 684. The number of hydrogen-bond donors (Lipinski definition) is 2. The highest BCUT2D eigenvalue weighted by Gasteiger charge is 2.56. The van der Waals surface area contributed by atoms with Gasteiger partial charge >= 0.3 is 6.03 Å². The molecule has 1 atom stereocenters. The Hall–Kier alpha value is -2.37. The van der Waals surface area contributed by atoms with E-state index >= 15 is 0 Å². The molecule has 2 N–H and O–H groups in total. The highest BCUT2D eigenvalue weighted by Crippen LogP contribution is 2.42. The van der Waals surface area contributed by atoms with Crippen LogP contribution >= 0.6 is 0 Å². The van der Waals surface area contributed by atoms with Gasteiger partial charge in [-0.1, -0.05) is 24.3 Å². The number of imide groups is 1. The van der Waals surface area contributed by atoms with Crippen molar-refractivity contribution in [3.63, 3.8) is 0 Å². The first-order valence-electron chi connectivity index (χ1n) is 8.37. The maximum absolute atomic E-state index is 12.5. The first kappa shape index (κ1) is 16.5. The van der Waals surface area contributed by atoms with Crippen LogP contribution in [0.5, 0.6) is 0 Å². The molecule has 0 aromatic heterocycles. The van der Waals surface area contributed by atoms with Gasteiger partial charge in [-0.3, -0.25) is 14.5 Å². The van der Waals surface area contributed by atoms with Crippen molar-refractivity contribution < 1.29 is 14.4 Å². The summed E-state index contributed by atoms with van der Waals surface area (Å²) < 4.78 is 0. The number of rotatable bonds is 6. The smallest absolute Gasteiger partial charge is 0.325 e. The van der Waals surface area contributed by atoms with E-state index in [4.69, 9.17) is 0 Å². The van der Waals surface area contributed by atoms with E-state index in [1.807, 2.05) is 31.2 Å². The number of nitrogens with zero attached hydrogens (tertiary/aromatic N) is 1. The summed E-state index contributed by atoms with van der Waals surface area (Å²) >= 11 is 0. The first-order chi connectivity index (χ1) is 11.4. The highest BCUT2D eigenvalue weighted by atomic mass is 16.2. The minimum Gasteiger partial charge on any atom is -0.354 e. The van der Waals surface area contributed by atoms with Gasteiger partial charge in [0.25, 0.3) is 5.91 Å². The van der Waals surface area contributed by atoms with Crippen molar-refractivity contribution >= 4 is 17.8 Å². The lowest BCUT2D eigenvalue weighted by molar-refractivity contribution is -0.135. The molecule has 6 heteroatoms. The average molecular weight is 329 g/mol. The van der Waals surface area contributed by atoms with Crippen LogP contribution < -0.4 is 10.6 Å². The highest BCUT2D eigenvalue weighted by molar-refractivity contribution is 6.09. The number of amides is 4. The maximum Gasteiger partial charge on any atom is 0.325 e. The van der Waals surface area contributed by atoms with Gasteiger partial charge in [0.2, 0.25) is 5.91 Å². The van der Waals surface area contributed by atoms with Crippen molar-refractivity contribution in [3.05, 3.63) is 35.4 Å². The van der Waals surface area contributed by atoms with Crippen molar-refractivity contribution in [2.24, 2.45) is 5.92 Å². The van der Waals surface area contributed by atoms with Crippen LogP contribution in [0.4, 0.5) is 4.79 Å². The van der Waals surface area contributed by atoms with E-state index in [0.717, 1.165) is 24.2 Å². The first-order valence-corrected chi connectivity index (χ1v) is 8.37. The van der Waals surface area contributed by atoms with Crippen molar-refractivity contribution in [2.75, 3.05) is 13.1 Å². The van der Waals surface area contributed by atoms with E-state index < -0.39 is 11.6 Å². The second kappa shape index (κ2) is 6.26. The molecule has 24 heavy (non-hydrogen) atoms. The number of urea groups is 1. The van der Waals surface area contributed by atoms with Gasteiger partial charge in [-0.2, -0.15) is 0 Å². The topological polar surface area (TPSA) is 78.5 Å². The second-order valence-corrected chi connectivity index (χ2v) is 6.82. The zero-order valence-corrected chi connectivity index (χ0v) is 14.1. The Morgan fingerprint density at radius 1 is 1.33 bits per heavy atom. The SMILES string of the molecule is Cc1ccccc1CCNC(=O)CN1C(=O)N[C@@](C)(C2CC2)C1=O. The Morgan fingerprint density at radius 2 is 2.04 bits per heavy atom. The van der Waals surface area contributed by atoms with Crippen molar-refractivity contribution in [1.82, 2.24) is 15.5 Å². The molecule has 1 aliphatic heterocycles. The summed E-state index contributed by atoms with van der Waals surface area (Å²) in [6.45, 7) is 4.04. The monoisotopic (exact) mass is 329 g/mol. The zero-order valence-electron chi connectivity index (χ0n) is 14.1. The third-order valence-corrected chi connectivity index (χ3v) is 4.97. The molecule has 0 unspecified atom stereocenters. The average Bonchev–Trinajstić information content (AvgIpc) is 3.36. The van der Waals surface area contributed by atoms with Crippen LogP contribution in [0.1, 0.15) is 30.9 Å². The van der Waals surface area contributed by atoms with E-state index in [2.05, 4.69) is 10.6 Å². The molecule has 128 valence electrons. The van der Waals surface area contributed by atoms with Gasteiger partial charge in [-0.05, 0) is 50.2 Å². The molecule has 6 nitrogen and oxygen atoms in total. The van der Waals surface area contributed by atoms with Gasteiger partial charge in [0.1, 0.15) is 12.1 Å². The second-order valence-electron chi connectivity index (χ2n) is 6.82. The number of benzene rings is 1. The molecule has 1 heterocycles. The number of carbonyl (C=O) groups excluding carboxylic acids is 3. The summed E-state index contributed by atoms with van der Waals surface area (Å²) in [5.74, 6) is -0.403. The Kier molecular flexibility index (Phi) is 4.30. The molecular weight excluding hydrogens is 306 g/mol. The number of nitrogens with one attached hydrogen (secondary N) is 2. The number of aryl methyl sites for hydroxylation is 1. The largest absolute Gasteiger partial charge is 0.354 e. The molecule has 3 rings (SSSR count). The molecule has 2 aliphatic rings. The minimum atomic E-state index is -0.835. The van der Waals surface area contributed by atoms with Crippen molar-refractivity contribution in [3.8, 4) is 0 Å². The lowest BCUT2D eigenvalue weighted by atomic mass is 9.96. The fourth-order valence-electron chi connectivity index (χ4n) is 3.22. The van der Waals surface area contributed by atoms with Crippen LogP contribution in [0.15, 0.2) is 24.3 Å². The van der Waals surface area contributed by atoms with E-state index in [9.17, 15) is 14.4 Å². The molecule has 1 aromatic carbocycles. The molecular formula is C18H23N3O3. The van der Waals surface area contributed by atoms with E-state index in [-0.39, 0.29) is 24.3 Å². The predicted molar refractivity (Wildman–Crippen MR) is 89.3 cm³/mol. The fourth-order valence-corrected chi connectivity index (χ4v) is 3.22. The number of carbonyl (C=O) groups is 3.